The Morgan fingerprint density at radius 3 is 2.67 bits per heavy atom. The number of rotatable bonds is 6. The van der Waals surface area contributed by atoms with E-state index in [9.17, 15) is 4.79 Å². The zero-order valence-electron chi connectivity index (χ0n) is 12.4. The Hall–Kier alpha value is -1.95. The third-order valence-electron chi connectivity index (χ3n) is 3.84. The first-order valence-electron chi connectivity index (χ1n) is 7.18. The number of nitrogen functional groups attached to an aromatic ring is 1. The van der Waals surface area contributed by atoms with Crippen LogP contribution in [0.3, 0.4) is 0 Å². The highest BCUT2D eigenvalue weighted by Crippen LogP contribution is 2.29. The molecule has 2 rings (SSSR count). The quantitative estimate of drug-likeness (QED) is 0.759. The summed E-state index contributed by atoms with van der Waals surface area (Å²) in [5.41, 5.74) is 11.7. The van der Waals surface area contributed by atoms with Gasteiger partial charge in [-0.1, -0.05) is 0 Å². The van der Waals surface area contributed by atoms with Gasteiger partial charge in [-0.05, 0) is 38.1 Å². The number of nitrogens with zero attached hydrogens (tertiary/aromatic N) is 1. The van der Waals surface area contributed by atoms with Gasteiger partial charge in [0.2, 0.25) is 5.91 Å². The van der Waals surface area contributed by atoms with E-state index in [4.69, 9.17) is 20.9 Å². The minimum atomic E-state index is -0.183. The van der Waals surface area contributed by atoms with Gasteiger partial charge in [-0.15, -0.1) is 0 Å². The summed E-state index contributed by atoms with van der Waals surface area (Å²) in [4.78, 5) is 13.4. The molecule has 0 unspecified atom stereocenters. The van der Waals surface area contributed by atoms with E-state index in [-0.39, 0.29) is 11.8 Å². The van der Waals surface area contributed by atoms with Gasteiger partial charge in [0.15, 0.2) is 11.5 Å². The van der Waals surface area contributed by atoms with Crippen molar-refractivity contribution in [2.24, 2.45) is 11.7 Å². The first kappa shape index (κ1) is 15.4. The van der Waals surface area contributed by atoms with Crippen LogP contribution < -0.4 is 20.9 Å². The van der Waals surface area contributed by atoms with E-state index in [1.54, 1.807) is 19.2 Å². The Kier molecular flexibility index (Phi) is 5.27. The van der Waals surface area contributed by atoms with Gasteiger partial charge in [0, 0.05) is 24.2 Å². The molecule has 6 heteroatoms. The van der Waals surface area contributed by atoms with Crippen LogP contribution in [0.1, 0.15) is 12.8 Å². The maximum absolute atomic E-state index is 11.1. The molecule has 1 aliphatic heterocycles. The van der Waals surface area contributed by atoms with Crippen LogP contribution >= 0.6 is 0 Å². The topological polar surface area (TPSA) is 90.8 Å². The van der Waals surface area contributed by atoms with E-state index in [1.165, 1.54) is 0 Å². The van der Waals surface area contributed by atoms with Gasteiger partial charge in [0.05, 0.1) is 7.11 Å². The van der Waals surface area contributed by atoms with Gasteiger partial charge in [0.25, 0.3) is 0 Å². The Balaban J connectivity index is 1.76. The van der Waals surface area contributed by atoms with Crippen LogP contribution in [0.5, 0.6) is 11.5 Å². The summed E-state index contributed by atoms with van der Waals surface area (Å²) in [6.07, 6.45) is 1.67. The summed E-state index contributed by atoms with van der Waals surface area (Å²) >= 11 is 0. The largest absolute Gasteiger partial charge is 0.493 e. The lowest BCUT2D eigenvalue weighted by Gasteiger charge is -2.30. The number of carbonyl (C=O) groups excluding carboxylic acids is 1. The van der Waals surface area contributed by atoms with Crippen LogP contribution in [0, 0.1) is 5.92 Å². The summed E-state index contributed by atoms with van der Waals surface area (Å²) < 4.78 is 11.0. The molecule has 0 bridgehead atoms. The standard InChI is InChI=1S/C15H23N3O3/c1-20-14-10-12(16)2-3-13(14)21-9-8-18-6-4-11(5-7-18)15(17)19/h2-3,10-11H,4-9,16H2,1H3,(H2,17,19). The van der Waals surface area contributed by atoms with Crippen molar-refractivity contribution < 1.29 is 14.3 Å². The summed E-state index contributed by atoms with van der Waals surface area (Å²) in [5, 5.41) is 0. The molecular formula is C15H23N3O3. The van der Waals surface area contributed by atoms with Crippen molar-refractivity contribution in [3.05, 3.63) is 18.2 Å². The monoisotopic (exact) mass is 293 g/mol. The molecule has 1 heterocycles. The zero-order chi connectivity index (χ0) is 15.2. The molecule has 1 aliphatic rings. The molecular weight excluding hydrogens is 270 g/mol. The number of ether oxygens (including phenoxy) is 2. The van der Waals surface area contributed by atoms with Gasteiger partial charge < -0.3 is 20.9 Å². The molecule has 1 aromatic carbocycles. The van der Waals surface area contributed by atoms with E-state index in [2.05, 4.69) is 4.90 Å². The van der Waals surface area contributed by atoms with Crippen LogP contribution in [0.2, 0.25) is 0 Å². The van der Waals surface area contributed by atoms with Crippen molar-refractivity contribution in [2.75, 3.05) is 39.1 Å². The van der Waals surface area contributed by atoms with Crippen LogP contribution in [0.25, 0.3) is 0 Å². The highest BCUT2D eigenvalue weighted by atomic mass is 16.5. The second kappa shape index (κ2) is 7.17. The van der Waals surface area contributed by atoms with Crippen molar-refractivity contribution in [2.45, 2.75) is 12.8 Å². The zero-order valence-corrected chi connectivity index (χ0v) is 12.4. The number of hydrogen-bond acceptors (Lipinski definition) is 5. The van der Waals surface area contributed by atoms with Gasteiger partial charge >= 0.3 is 0 Å². The molecule has 1 amide bonds. The number of carbonyl (C=O) groups is 1. The minimum Gasteiger partial charge on any atom is -0.493 e. The lowest BCUT2D eigenvalue weighted by Crippen LogP contribution is -2.40. The molecule has 0 aromatic heterocycles. The Bertz CT molecular complexity index is 485. The van der Waals surface area contributed by atoms with Crippen LogP contribution in [0.4, 0.5) is 5.69 Å². The molecule has 21 heavy (non-hydrogen) atoms. The van der Waals surface area contributed by atoms with Crippen molar-refractivity contribution in [3.8, 4) is 11.5 Å². The number of likely N-dealkylation sites (tertiary alicyclic amines) is 1. The van der Waals surface area contributed by atoms with Crippen LogP contribution in [0.15, 0.2) is 18.2 Å². The van der Waals surface area contributed by atoms with Gasteiger partial charge in [0.1, 0.15) is 6.61 Å². The molecule has 1 aromatic rings. The SMILES string of the molecule is COc1cc(N)ccc1OCCN1CCC(C(N)=O)CC1. The highest BCUT2D eigenvalue weighted by Gasteiger charge is 2.22. The predicted molar refractivity (Wildman–Crippen MR) is 81.3 cm³/mol. The smallest absolute Gasteiger partial charge is 0.220 e. The number of methoxy groups -OCH3 is 1. The first-order chi connectivity index (χ1) is 10.1. The molecule has 0 saturated carbocycles. The van der Waals surface area contributed by atoms with Crippen molar-refractivity contribution in [3.63, 3.8) is 0 Å². The fourth-order valence-corrected chi connectivity index (χ4v) is 2.53. The fourth-order valence-electron chi connectivity index (χ4n) is 2.53. The van der Waals surface area contributed by atoms with Crippen LogP contribution in [-0.2, 0) is 4.79 Å². The third-order valence-corrected chi connectivity index (χ3v) is 3.84. The number of benzene rings is 1. The Morgan fingerprint density at radius 2 is 2.05 bits per heavy atom. The van der Waals surface area contributed by atoms with Gasteiger partial charge in [-0.2, -0.15) is 0 Å². The van der Waals surface area contributed by atoms with E-state index >= 15 is 0 Å². The molecule has 1 saturated heterocycles. The molecule has 0 aliphatic carbocycles. The summed E-state index contributed by atoms with van der Waals surface area (Å²) in [5.74, 6) is 1.18. The number of hydrogen-bond donors (Lipinski definition) is 2. The molecule has 4 N–H and O–H groups in total. The third kappa shape index (κ3) is 4.26. The molecule has 1 fully saturated rings. The second-order valence-corrected chi connectivity index (χ2v) is 5.28. The first-order valence-corrected chi connectivity index (χ1v) is 7.18. The van der Waals surface area contributed by atoms with Crippen LogP contribution in [-0.4, -0.2) is 44.2 Å². The number of piperidine rings is 1. The van der Waals surface area contributed by atoms with E-state index in [1.807, 2.05) is 6.07 Å². The lowest BCUT2D eigenvalue weighted by atomic mass is 9.96. The van der Waals surface area contributed by atoms with E-state index < -0.39 is 0 Å². The highest BCUT2D eigenvalue weighted by molar-refractivity contribution is 5.76. The molecule has 116 valence electrons. The number of nitrogens with two attached hydrogens (primary N) is 2. The van der Waals surface area contributed by atoms with E-state index in [0.717, 1.165) is 32.5 Å². The number of amides is 1. The summed E-state index contributed by atoms with van der Waals surface area (Å²) in [6.45, 7) is 3.16. The van der Waals surface area contributed by atoms with Crippen molar-refractivity contribution >= 4 is 11.6 Å². The minimum absolute atomic E-state index is 0.0272. The Labute approximate surface area is 125 Å². The lowest BCUT2D eigenvalue weighted by molar-refractivity contribution is -0.123. The maximum Gasteiger partial charge on any atom is 0.220 e. The van der Waals surface area contributed by atoms with E-state index in [0.29, 0.717) is 23.8 Å². The molecule has 0 radical (unpaired) electrons. The summed E-state index contributed by atoms with van der Waals surface area (Å²) in [7, 11) is 1.59. The Morgan fingerprint density at radius 1 is 1.33 bits per heavy atom. The number of anilines is 1. The predicted octanol–water partition coefficient (Wildman–Crippen LogP) is 0.854. The fraction of sp³-hybridized carbons (Fsp3) is 0.533. The molecule has 0 atom stereocenters. The maximum atomic E-state index is 11.1. The van der Waals surface area contributed by atoms with Gasteiger partial charge in [-0.3, -0.25) is 9.69 Å². The number of primary amides is 1. The van der Waals surface area contributed by atoms with Gasteiger partial charge in [-0.25, -0.2) is 0 Å². The normalized spacial score (nSPS) is 16.6. The summed E-state index contributed by atoms with van der Waals surface area (Å²) in [6, 6.07) is 5.34. The average molecular weight is 293 g/mol. The average Bonchev–Trinajstić information content (AvgIpc) is 2.49. The molecule has 0 spiro atoms. The van der Waals surface area contributed by atoms with Crippen molar-refractivity contribution in [1.29, 1.82) is 0 Å². The molecule has 6 nitrogen and oxygen atoms in total. The van der Waals surface area contributed by atoms with Crippen molar-refractivity contribution in [1.82, 2.24) is 4.90 Å². The second-order valence-electron chi connectivity index (χ2n) is 5.28.